The number of pyridine rings is 1. The molecule has 0 bridgehead atoms. The van der Waals surface area contributed by atoms with Crippen molar-refractivity contribution < 1.29 is 37.1 Å². The van der Waals surface area contributed by atoms with Crippen LogP contribution in [-0.4, -0.2) is 87.2 Å². The summed E-state index contributed by atoms with van der Waals surface area (Å²) < 4.78 is 46.5. The van der Waals surface area contributed by atoms with Gasteiger partial charge in [-0.1, -0.05) is 19.3 Å². The maximum atomic E-state index is 14.2. The molecule has 2 fully saturated rings. The van der Waals surface area contributed by atoms with E-state index in [0.29, 0.717) is 36.3 Å². The number of hydrogen-bond acceptors (Lipinski definition) is 10. The van der Waals surface area contributed by atoms with Crippen LogP contribution in [0.4, 0.5) is 29.9 Å². The van der Waals surface area contributed by atoms with Crippen molar-refractivity contribution in [2.75, 3.05) is 43.4 Å². The Balaban J connectivity index is 1.08. The monoisotopic (exact) mass is 812 g/mol. The largest absolute Gasteiger partial charge is 0.444 e. The molecular weight excluding hydrogens is 751 g/mol. The highest BCUT2D eigenvalue weighted by atomic mass is 19.3. The molecule has 58 heavy (non-hydrogen) atoms. The van der Waals surface area contributed by atoms with Crippen LogP contribution in [0.5, 0.6) is 0 Å². The van der Waals surface area contributed by atoms with Crippen LogP contribution in [0.1, 0.15) is 141 Å². The quantitative estimate of drug-likeness (QED) is 0.119. The fraction of sp³-hybridized carbons (Fsp3) is 0.667. The fourth-order valence-corrected chi connectivity index (χ4v) is 7.05. The van der Waals surface area contributed by atoms with Gasteiger partial charge in [0.15, 0.2) is 11.4 Å². The van der Waals surface area contributed by atoms with Gasteiger partial charge in [0.2, 0.25) is 5.89 Å². The predicted molar refractivity (Wildman–Crippen MR) is 217 cm³/mol. The first-order valence-corrected chi connectivity index (χ1v) is 20.7. The van der Waals surface area contributed by atoms with Crippen molar-refractivity contribution in [1.82, 2.24) is 30.0 Å². The Hall–Kier alpha value is -4.60. The van der Waals surface area contributed by atoms with Gasteiger partial charge in [0.25, 0.3) is 12.3 Å². The van der Waals surface area contributed by atoms with Crippen molar-refractivity contribution >= 4 is 29.6 Å². The van der Waals surface area contributed by atoms with Crippen molar-refractivity contribution in [3.8, 4) is 11.5 Å². The number of nitrogens with zero attached hydrogens (tertiary/aromatic N) is 6. The second kappa shape index (κ2) is 19.9. The van der Waals surface area contributed by atoms with Crippen LogP contribution >= 0.6 is 0 Å². The van der Waals surface area contributed by atoms with Crippen LogP contribution < -0.4 is 15.5 Å². The number of amides is 3. The van der Waals surface area contributed by atoms with Gasteiger partial charge in [-0.3, -0.25) is 14.4 Å². The Morgan fingerprint density at radius 3 is 2.26 bits per heavy atom. The highest BCUT2D eigenvalue weighted by molar-refractivity contribution is 6.03. The molecule has 320 valence electrons. The van der Waals surface area contributed by atoms with E-state index in [-0.39, 0.29) is 29.4 Å². The summed E-state index contributed by atoms with van der Waals surface area (Å²) in [6.45, 7) is 14.0. The van der Waals surface area contributed by atoms with E-state index in [1.54, 1.807) is 37.6 Å². The number of carbonyl (C=O) groups excluding carboxylic acids is 3. The zero-order valence-corrected chi connectivity index (χ0v) is 35.2. The average Bonchev–Trinajstić information content (AvgIpc) is 3.64. The number of rotatable bonds is 18. The lowest BCUT2D eigenvalue weighted by Crippen LogP contribution is -2.38. The number of nitrogens with one attached hydrogen (secondary N) is 2. The number of anilines is 2. The second-order valence-corrected chi connectivity index (χ2v) is 17.8. The molecule has 3 heterocycles. The lowest BCUT2D eigenvalue weighted by molar-refractivity contribution is 0.0524. The molecule has 3 amide bonds. The number of hydrogen-bond donors (Lipinski definition) is 2. The Labute approximate surface area is 340 Å². The summed E-state index contributed by atoms with van der Waals surface area (Å²) in [5.41, 5.74) is -1.35. The van der Waals surface area contributed by atoms with E-state index in [4.69, 9.17) is 13.9 Å². The number of halogens is 2. The summed E-state index contributed by atoms with van der Waals surface area (Å²) in [5, 5.41) is 9.61. The molecule has 16 heteroatoms. The number of unbranched alkanes of at least 4 members (excludes halogenated alkanes) is 4. The number of carbonyl (C=O) groups is 3. The van der Waals surface area contributed by atoms with E-state index in [1.807, 2.05) is 20.8 Å². The molecule has 3 aromatic rings. The number of alkyl carbamates (subject to hydrolysis) is 1. The minimum atomic E-state index is -2.89. The minimum absolute atomic E-state index is 0.0470. The van der Waals surface area contributed by atoms with Gasteiger partial charge in [-0.25, -0.2) is 28.3 Å². The van der Waals surface area contributed by atoms with E-state index < -0.39 is 35.3 Å². The Morgan fingerprint density at radius 1 is 0.931 bits per heavy atom. The van der Waals surface area contributed by atoms with Gasteiger partial charge in [-0.05, 0) is 130 Å². The SMILES string of the molecule is CN(CCCCCCCNC(=O)OC(C)(C)C)C[C@H]1CC[C@H](n2cc(NC(=O)c3coc(-c4ccnc(N(CC5CC5)C(=O)OC(C)(C)C)c4)n3)c(C(F)F)n2)CC1. The zero-order chi connectivity index (χ0) is 42.0. The topological polar surface area (TPSA) is 157 Å². The molecule has 2 aliphatic carbocycles. The lowest BCUT2D eigenvalue weighted by Gasteiger charge is -2.31. The maximum absolute atomic E-state index is 14.2. The molecule has 0 unspecified atom stereocenters. The van der Waals surface area contributed by atoms with Gasteiger partial charge < -0.3 is 29.4 Å². The Morgan fingerprint density at radius 2 is 1.59 bits per heavy atom. The van der Waals surface area contributed by atoms with Crippen LogP contribution in [0.15, 0.2) is 35.2 Å². The Bertz CT molecular complexity index is 1810. The lowest BCUT2D eigenvalue weighted by atomic mass is 9.86. The number of aromatic nitrogens is 4. The van der Waals surface area contributed by atoms with Gasteiger partial charge in [-0.15, -0.1) is 0 Å². The first kappa shape index (κ1) is 44.5. The van der Waals surface area contributed by atoms with Crippen LogP contribution in [-0.2, 0) is 9.47 Å². The summed E-state index contributed by atoms with van der Waals surface area (Å²) in [4.78, 5) is 50.7. The van der Waals surface area contributed by atoms with Gasteiger partial charge in [0.1, 0.15) is 23.3 Å². The molecule has 0 atom stereocenters. The van der Waals surface area contributed by atoms with E-state index in [2.05, 4.69) is 37.6 Å². The van der Waals surface area contributed by atoms with Gasteiger partial charge in [0, 0.05) is 37.6 Å². The fourth-order valence-electron chi connectivity index (χ4n) is 7.05. The molecule has 14 nitrogen and oxygen atoms in total. The summed E-state index contributed by atoms with van der Waals surface area (Å²) in [7, 11) is 2.15. The first-order valence-electron chi connectivity index (χ1n) is 20.7. The summed E-state index contributed by atoms with van der Waals surface area (Å²) >= 11 is 0. The van der Waals surface area contributed by atoms with E-state index in [0.717, 1.165) is 83.7 Å². The van der Waals surface area contributed by atoms with E-state index >= 15 is 0 Å². The molecule has 0 radical (unpaired) electrons. The van der Waals surface area contributed by atoms with Crippen molar-refractivity contribution in [3.05, 3.63) is 42.2 Å². The summed E-state index contributed by atoms with van der Waals surface area (Å²) in [6.07, 6.45) is 11.3. The second-order valence-electron chi connectivity index (χ2n) is 17.8. The number of oxazole rings is 1. The van der Waals surface area contributed by atoms with Crippen LogP contribution in [0.3, 0.4) is 0 Å². The molecule has 2 saturated carbocycles. The van der Waals surface area contributed by atoms with Crippen molar-refractivity contribution in [2.45, 2.75) is 136 Å². The normalized spacial score (nSPS) is 17.4. The average molecular weight is 813 g/mol. The highest BCUT2D eigenvalue weighted by Crippen LogP contribution is 2.36. The number of ether oxygens (including phenoxy) is 2. The van der Waals surface area contributed by atoms with Gasteiger partial charge >= 0.3 is 12.2 Å². The van der Waals surface area contributed by atoms with Crippen LogP contribution in [0, 0.1) is 11.8 Å². The van der Waals surface area contributed by atoms with Gasteiger partial charge in [0.05, 0.1) is 11.7 Å². The summed E-state index contributed by atoms with van der Waals surface area (Å²) in [6, 6.07) is 3.24. The summed E-state index contributed by atoms with van der Waals surface area (Å²) in [5.74, 6) is 0.645. The molecule has 2 N–H and O–H groups in total. The minimum Gasteiger partial charge on any atom is -0.444 e. The zero-order valence-electron chi connectivity index (χ0n) is 35.2. The smallest absolute Gasteiger partial charge is 0.416 e. The molecule has 0 saturated heterocycles. The number of alkyl halides is 2. The third-order valence-corrected chi connectivity index (χ3v) is 10.1. The third-order valence-electron chi connectivity index (χ3n) is 10.1. The molecular formula is C42H62F2N8O6. The molecule has 0 aromatic carbocycles. The van der Waals surface area contributed by atoms with Crippen molar-refractivity contribution in [2.24, 2.45) is 11.8 Å². The molecule has 3 aromatic heterocycles. The maximum Gasteiger partial charge on any atom is 0.416 e. The highest BCUT2D eigenvalue weighted by Gasteiger charge is 2.32. The Kier molecular flexibility index (Phi) is 15.3. The molecule has 5 rings (SSSR count). The molecule has 2 aliphatic rings. The van der Waals surface area contributed by atoms with Gasteiger partial charge in [-0.2, -0.15) is 5.10 Å². The van der Waals surface area contributed by atoms with Crippen LogP contribution in [0.2, 0.25) is 0 Å². The predicted octanol–water partition coefficient (Wildman–Crippen LogP) is 9.41. The third kappa shape index (κ3) is 14.0. The molecule has 0 aliphatic heterocycles. The van der Waals surface area contributed by atoms with E-state index in [1.165, 1.54) is 23.6 Å². The van der Waals surface area contributed by atoms with Crippen molar-refractivity contribution in [3.63, 3.8) is 0 Å². The van der Waals surface area contributed by atoms with Crippen LogP contribution in [0.25, 0.3) is 11.5 Å². The first-order chi connectivity index (χ1) is 27.4. The standard InChI is InChI=1S/C42H62F2N8O6/c1-41(2,3)57-39(54)46-20-11-9-8-10-12-22-50(7)24-28-15-17-31(18-16-28)52-26-32(35(49-52)36(43)44)47-37(53)33-27-56-38(48-33)30-19-21-45-34(23-30)51(25-29-13-14-29)40(55)58-42(4,5)6/h19,21,23,26-29,31,36H,8-18,20,22,24-25H2,1-7H3,(H,46,54)(H,47,53)/t28-,31-. The van der Waals surface area contributed by atoms with Crippen molar-refractivity contribution in [1.29, 1.82) is 0 Å². The van der Waals surface area contributed by atoms with E-state index in [9.17, 15) is 23.2 Å². The molecule has 0 spiro atoms.